The number of amides is 1. The van der Waals surface area contributed by atoms with Crippen molar-refractivity contribution in [3.63, 3.8) is 0 Å². The van der Waals surface area contributed by atoms with Gasteiger partial charge in [-0.3, -0.25) is 10.1 Å². The molecule has 0 aliphatic carbocycles. The fourth-order valence-corrected chi connectivity index (χ4v) is 3.97. The van der Waals surface area contributed by atoms with Crippen molar-refractivity contribution in [1.82, 2.24) is 10.2 Å². The summed E-state index contributed by atoms with van der Waals surface area (Å²) in [7, 11) is 0. The molecular weight excluding hydrogens is 427 g/mol. The molecule has 3 rings (SSSR count). The van der Waals surface area contributed by atoms with E-state index in [0.29, 0.717) is 15.6 Å². The smallest absolute Gasteiger partial charge is 0.257 e. The molecule has 1 aliphatic rings. The fourth-order valence-electron chi connectivity index (χ4n) is 3.29. The molecule has 29 heavy (non-hydrogen) atoms. The van der Waals surface area contributed by atoms with Gasteiger partial charge in [-0.1, -0.05) is 42.3 Å². The summed E-state index contributed by atoms with van der Waals surface area (Å²) in [4.78, 5) is 17.1. The molecule has 154 valence electrons. The summed E-state index contributed by atoms with van der Waals surface area (Å²) in [6.45, 7) is 8.83. The van der Waals surface area contributed by atoms with Crippen LogP contribution in [0.3, 0.4) is 0 Å². The summed E-state index contributed by atoms with van der Waals surface area (Å²) in [6, 6.07) is 10.8. The molecular formula is C21H24Cl2N4OS. The maximum atomic E-state index is 12.5. The summed E-state index contributed by atoms with van der Waals surface area (Å²) in [5, 5.41) is 7.24. The Morgan fingerprint density at radius 2 is 1.83 bits per heavy atom. The number of para-hydroxylation sites is 1. The van der Waals surface area contributed by atoms with E-state index in [1.54, 1.807) is 18.2 Å². The Balaban J connectivity index is 1.71. The molecule has 1 heterocycles. The molecule has 1 saturated heterocycles. The number of hydrogen-bond donors (Lipinski definition) is 2. The minimum absolute atomic E-state index is 0.211. The molecule has 2 aromatic carbocycles. The quantitative estimate of drug-likeness (QED) is 0.667. The SMILES string of the molecule is CCN1CCN(c2c(Cl)cccc2NC(=S)NC(=O)c2ccc(C)c(Cl)c2)CC1. The van der Waals surface area contributed by atoms with Crippen LogP contribution < -0.4 is 15.5 Å². The number of nitrogens with one attached hydrogen (secondary N) is 2. The first-order valence-corrected chi connectivity index (χ1v) is 10.7. The number of halogens is 2. The van der Waals surface area contributed by atoms with Gasteiger partial charge in [0.15, 0.2) is 5.11 Å². The van der Waals surface area contributed by atoms with Crippen LogP contribution in [0.5, 0.6) is 0 Å². The molecule has 8 heteroatoms. The van der Waals surface area contributed by atoms with Crippen molar-refractivity contribution < 1.29 is 4.79 Å². The summed E-state index contributed by atoms with van der Waals surface area (Å²) >= 11 is 18.0. The number of carbonyl (C=O) groups excluding carboxylic acids is 1. The standard InChI is InChI=1S/C21H24Cl2N4OS/c1-3-26-9-11-27(12-10-26)19-16(22)5-4-6-18(19)24-21(29)25-20(28)15-8-7-14(2)17(23)13-15/h4-8,13H,3,9-12H2,1-2H3,(H2,24,25,28,29). The van der Waals surface area contributed by atoms with E-state index in [0.717, 1.165) is 49.7 Å². The Hall–Kier alpha value is -1.86. The van der Waals surface area contributed by atoms with Gasteiger partial charge in [0.25, 0.3) is 5.91 Å². The first kappa shape index (κ1) is 21.8. The van der Waals surface area contributed by atoms with E-state index in [1.165, 1.54) is 0 Å². The number of nitrogens with zero attached hydrogens (tertiary/aromatic N) is 2. The Bertz CT molecular complexity index is 914. The Morgan fingerprint density at radius 1 is 1.10 bits per heavy atom. The summed E-state index contributed by atoms with van der Waals surface area (Å²) < 4.78 is 0. The van der Waals surface area contributed by atoms with Crippen molar-refractivity contribution >= 4 is 57.8 Å². The average molecular weight is 451 g/mol. The number of benzene rings is 2. The number of rotatable bonds is 4. The van der Waals surface area contributed by atoms with Crippen molar-refractivity contribution in [3.05, 3.63) is 57.6 Å². The molecule has 0 aromatic heterocycles. The van der Waals surface area contributed by atoms with Gasteiger partial charge in [0.05, 0.1) is 16.4 Å². The molecule has 0 atom stereocenters. The van der Waals surface area contributed by atoms with Gasteiger partial charge in [-0.05, 0) is 55.5 Å². The van der Waals surface area contributed by atoms with E-state index < -0.39 is 0 Å². The van der Waals surface area contributed by atoms with E-state index in [4.69, 9.17) is 35.4 Å². The van der Waals surface area contributed by atoms with Crippen molar-refractivity contribution in [2.45, 2.75) is 13.8 Å². The van der Waals surface area contributed by atoms with Gasteiger partial charge < -0.3 is 15.1 Å². The number of thiocarbonyl (C=S) groups is 1. The monoisotopic (exact) mass is 450 g/mol. The molecule has 2 aromatic rings. The zero-order chi connectivity index (χ0) is 21.0. The minimum atomic E-state index is -0.315. The zero-order valence-corrected chi connectivity index (χ0v) is 18.8. The third-order valence-corrected chi connectivity index (χ3v) is 5.95. The van der Waals surface area contributed by atoms with E-state index in [2.05, 4.69) is 27.4 Å². The Kier molecular flexibility index (Phi) is 7.35. The van der Waals surface area contributed by atoms with Crippen LogP contribution >= 0.6 is 35.4 Å². The molecule has 0 radical (unpaired) electrons. The van der Waals surface area contributed by atoms with Crippen molar-refractivity contribution in [2.24, 2.45) is 0 Å². The minimum Gasteiger partial charge on any atom is -0.366 e. The summed E-state index contributed by atoms with van der Waals surface area (Å²) in [5.74, 6) is -0.315. The molecule has 0 unspecified atom stereocenters. The van der Waals surface area contributed by atoms with Crippen LogP contribution in [0, 0.1) is 6.92 Å². The molecule has 2 N–H and O–H groups in total. The summed E-state index contributed by atoms with van der Waals surface area (Å²) in [5.41, 5.74) is 3.04. The molecule has 1 amide bonds. The Labute approximate surface area is 187 Å². The van der Waals surface area contributed by atoms with Crippen molar-refractivity contribution in [1.29, 1.82) is 0 Å². The molecule has 0 saturated carbocycles. The van der Waals surface area contributed by atoms with Gasteiger partial charge in [-0.15, -0.1) is 0 Å². The summed E-state index contributed by atoms with van der Waals surface area (Å²) in [6.07, 6.45) is 0. The molecule has 1 aliphatic heterocycles. The van der Waals surface area contributed by atoms with Gasteiger partial charge in [0.1, 0.15) is 0 Å². The van der Waals surface area contributed by atoms with Gasteiger partial charge >= 0.3 is 0 Å². The van der Waals surface area contributed by atoms with E-state index in [9.17, 15) is 4.79 Å². The van der Waals surface area contributed by atoms with Crippen LogP contribution in [0.1, 0.15) is 22.8 Å². The lowest BCUT2D eigenvalue weighted by Crippen LogP contribution is -2.46. The number of anilines is 2. The third-order valence-electron chi connectivity index (χ3n) is 5.03. The molecule has 0 bridgehead atoms. The predicted molar refractivity (Wildman–Crippen MR) is 126 cm³/mol. The molecule has 5 nitrogen and oxygen atoms in total. The Morgan fingerprint density at radius 3 is 2.48 bits per heavy atom. The van der Waals surface area contributed by atoms with Crippen LogP contribution in [-0.2, 0) is 0 Å². The van der Waals surface area contributed by atoms with Crippen molar-refractivity contribution in [3.8, 4) is 0 Å². The highest BCUT2D eigenvalue weighted by Gasteiger charge is 2.21. The average Bonchev–Trinajstić information content (AvgIpc) is 2.70. The van der Waals surface area contributed by atoms with Crippen LogP contribution in [0.2, 0.25) is 10.0 Å². The number of hydrogen-bond acceptors (Lipinski definition) is 4. The van der Waals surface area contributed by atoms with E-state index >= 15 is 0 Å². The highest BCUT2D eigenvalue weighted by Crippen LogP contribution is 2.34. The lowest BCUT2D eigenvalue weighted by Gasteiger charge is -2.37. The van der Waals surface area contributed by atoms with Gasteiger partial charge in [-0.25, -0.2) is 0 Å². The number of carbonyl (C=O) groups is 1. The van der Waals surface area contributed by atoms with Crippen LogP contribution in [0.25, 0.3) is 0 Å². The zero-order valence-electron chi connectivity index (χ0n) is 16.5. The van der Waals surface area contributed by atoms with E-state index in [1.807, 2.05) is 25.1 Å². The maximum Gasteiger partial charge on any atom is 0.257 e. The van der Waals surface area contributed by atoms with Crippen LogP contribution in [0.15, 0.2) is 36.4 Å². The molecule has 1 fully saturated rings. The first-order chi connectivity index (χ1) is 13.9. The predicted octanol–water partition coefficient (Wildman–Crippen LogP) is 4.57. The highest BCUT2D eigenvalue weighted by atomic mass is 35.5. The normalized spacial score (nSPS) is 14.6. The number of piperazine rings is 1. The molecule has 0 spiro atoms. The van der Waals surface area contributed by atoms with Crippen LogP contribution in [-0.4, -0.2) is 48.6 Å². The number of aryl methyl sites for hydroxylation is 1. The lowest BCUT2D eigenvalue weighted by molar-refractivity contribution is 0.0977. The maximum absolute atomic E-state index is 12.5. The fraction of sp³-hybridized carbons (Fsp3) is 0.333. The van der Waals surface area contributed by atoms with Gasteiger partial charge in [0.2, 0.25) is 0 Å². The van der Waals surface area contributed by atoms with E-state index in [-0.39, 0.29) is 11.0 Å². The van der Waals surface area contributed by atoms with Crippen molar-refractivity contribution in [2.75, 3.05) is 42.9 Å². The largest absolute Gasteiger partial charge is 0.366 e. The highest BCUT2D eigenvalue weighted by molar-refractivity contribution is 7.80. The second kappa shape index (κ2) is 9.76. The third kappa shape index (κ3) is 5.39. The second-order valence-corrected chi connectivity index (χ2v) is 8.15. The number of likely N-dealkylation sites (N-methyl/N-ethyl adjacent to an activating group) is 1. The topological polar surface area (TPSA) is 47.6 Å². The second-order valence-electron chi connectivity index (χ2n) is 6.93. The lowest BCUT2D eigenvalue weighted by atomic mass is 10.1. The van der Waals surface area contributed by atoms with Gasteiger partial charge in [0, 0.05) is 36.8 Å². The first-order valence-electron chi connectivity index (χ1n) is 9.53. The van der Waals surface area contributed by atoms with Gasteiger partial charge in [-0.2, -0.15) is 0 Å². The van der Waals surface area contributed by atoms with Crippen LogP contribution in [0.4, 0.5) is 11.4 Å².